The summed E-state index contributed by atoms with van der Waals surface area (Å²) in [7, 11) is 0. The van der Waals surface area contributed by atoms with Crippen LogP contribution in [0.4, 0.5) is 13.2 Å². The van der Waals surface area contributed by atoms with E-state index in [4.69, 9.17) is 0 Å². The normalized spacial score (nSPS) is 14.6. The highest BCUT2D eigenvalue weighted by atomic mass is 79.9. The number of aromatic nitrogens is 1. The summed E-state index contributed by atoms with van der Waals surface area (Å²) in [6, 6.07) is 12.1. The van der Waals surface area contributed by atoms with Crippen molar-refractivity contribution in [2.75, 3.05) is 13.1 Å². The highest BCUT2D eigenvalue weighted by molar-refractivity contribution is 9.10. The van der Waals surface area contributed by atoms with E-state index in [1.54, 1.807) is 32.0 Å². The number of nitrogens with one attached hydrogen (secondary N) is 1. The molecule has 1 atom stereocenters. The van der Waals surface area contributed by atoms with Crippen molar-refractivity contribution < 1.29 is 23.4 Å². The lowest BCUT2D eigenvalue weighted by Crippen LogP contribution is -2.50. The number of benzene rings is 2. The number of hydrogen-bond donors (Lipinski definition) is 3. The first-order chi connectivity index (χ1) is 15.8. The van der Waals surface area contributed by atoms with Crippen LogP contribution in [0.3, 0.4) is 0 Å². The number of aliphatic hydroxyl groups is 1. The first-order valence-corrected chi connectivity index (χ1v) is 12.2. The van der Waals surface area contributed by atoms with Gasteiger partial charge in [-0.2, -0.15) is 13.2 Å². The second kappa shape index (κ2) is 9.91. The van der Waals surface area contributed by atoms with Crippen LogP contribution in [0.25, 0.3) is 10.9 Å². The molecule has 1 unspecified atom stereocenters. The maximum absolute atomic E-state index is 14.2. The van der Waals surface area contributed by atoms with Gasteiger partial charge >= 0.3 is 6.18 Å². The zero-order valence-corrected chi connectivity index (χ0v) is 21.5. The van der Waals surface area contributed by atoms with Crippen LogP contribution in [0.1, 0.15) is 50.9 Å². The molecule has 0 fully saturated rings. The highest BCUT2D eigenvalue weighted by Gasteiger charge is 2.56. The SMILES string of the molecule is CCN(CC)Cc1ccc2[nH]c(CC(O)(CC(C)(C)c3cc(Br)ccc3O)C(F)(F)F)cc2c1. The molecule has 0 saturated carbocycles. The van der Waals surface area contributed by atoms with Crippen molar-refractivity contribution in [3.8, 4) is 5.75 Å². The second-order valence-electron chi connectivity index (χ2n) is 9.61. The van der Waals surface area contributed by atoms with E-state index in [-0.39, 0.29) is 5.75 Å². The molecule has 0 saturated heterocycles. The van der Waals surface area contributed by atoms with Crippen LogP contribution in [0, 0.1) is 0 Å². The Balaban J connectivity index is 1.92. The molecule has 0 amide bonds. The fraction of sp³-hybridized carbons (Fsp3) is 0.462. The predicted octanol–water partition coefficient (Wildman–Crippen LogP) is 6.68. The maximum Gasteiger partial charge on any atom is 0.417 e. The van der Waals surface area contributed by atoms with Gasteiger partial charge < -0.3 is 15.2 Å². The Bertz CT molecular complexity index is 1140. The highest BCUT2D eigenvalue weighted by Crippen LogP contribution is 2.45. The molecule has 3 N–H and O–H groups in total. The molecule has 3 rings (SSSR count). The topological polar surface area (TPSA) is 59.5 Å². The van der Waals surface area contributed by atoms with E-state index in [1.807, 2.05) is 18.2 Å². The number of nitrogens with zero attached hydrogens (tertiary/aromatic N) is 1. The lowest BCUT2D eigenvalue weighted by Gasteiger charge is -2.38. The van der Waals surface area contributed by atoms with Gasteiger partial charge in [-0.1, -0.05) is 49.7 Å². The monoisotopic (exact) mass is 540 g/mol. The number of fused-ring (bicyclic) bond motifs is 1. The minimum absolute atomic E-state index is 0.107. The van der Waals surface area contributed by atoms with E-state index in [2.05, 4.69) is 39.7 Å². The number of H-pyrrole nitrogens is 1. The fourth-order valence-corrected chi connectivity index (χ4v) is 4.96. The molecule has 0 aliphatic carbocycles. The van der Waals surface area contributed by atoms with E-state index in [0.29, 0.717) is 15.7 Å². The summed E-state index contributed by atoms with van der Waals surface area (Å²) in [5, 5.41) is 22.1. The van der Waals surface area contributed by atoms with Crippen LogP contribution in [0.2, 0.25) is 0 Å². The zero-order chi connectivity index (χ0) is 25.3. The van der Waals surface area contributed by atoms with Gasteiger partial charge in [0.1, 0.15) is 5.75 Å². The van der Waals surface area contributed by atoms with E-state index in [9.17, 15) is 23.4 Å². The fourth-order valence-electron chi connectivity index (χ4n) is 4.60. The van der Waals surface area contributed by atoms with Crippen molar-refractivity contribution in [2.24, 2.45) is 0 Å². The van der Waals surface area contributed by atoms with Crippen LogP contribution in [0.15, 0.2) is 46.9 Å². The Kier molecular flexibility index (Phi) is 7.75. The number of halogens is 4. The van der Waals surface area contributed by atoms with Gasteiger partial charge in [-0.25, -0.2) is 0 Å². The number of phenolic OH excluding ortho intramolecular Hbond substituents is 1. The van der Waals surface area contributed by atoms with Crippen molar-refractivity contribution in [3.63, 3.8) is 0 Å². The summed E-state index contributed by atoms with van der Waals surface area (Å²) in [5.41, 5.74) is -1.69. The average molecular weight is 541 g/mol. The molecule has 4 nitrogen and oxygen atoms in total. The molecule has 0 radical (unpaired) electrons. The molecule has 2 aromatic carbocycles. The Morgan fingerprint density at radius 3 is 2.29 bits per heavy atom. The first-order valence-electron chi connectivity index (χ1n) is 11.4. The van der Waals surface area contributed by atoms with Gasteiger partial charge in [0.25, 0.3) is 0 Å². The van der Waals surface area contributed by atoms with Gasteiger partial charge in [-0.3, -0.25) is 4.90 Å². The number of rotatable bonds is 9. The number of aromatic hydroxyl groups is 1. The molecular weight excluding hydrogens is 509 g/mol. The number of phenols is 1. The van der Waals surface area contributed by atoms with Crippen LogP contribution in [-0.2, 0) is 18.4 Å². The maximum atomic E-state index is 14.2. The summed E-state index contributed by atoms with van der Waals surface area (Å²) in [6.45, 7) is 9.95. The van der Waals surface area contributed by atoms with Crippen LogP contribution in [-0.4, -0.2) is 45.0 Å². The lowest BCUT2D eigenvalue weighted by molar-refractivity contribution is -0.266. The molecule has 0 aliphatic heterocycles. The molecule has 0 bridgehead atoms. The van der Waals surface area contributed by atoms with Crippen molar-refractivity contribution in [1.82, 2.24) is 9.88 Å². The zero-order valence-electron chi connectivity index (χ0n) is 19.9. The quantitative estimate of drug-likeness (QED) is 0.283. The van der Waals surface area contributed by atoms with Crippen molar-refractivity contribution in [3.05, 3.63) is 63.8 Å². The largest absolute Gasteiger partial charge is 0.508 e. The Morgan fingerprint density at radius 2 is 1.68 bits per heavy atom. The van der Waals surface area contributed by atoms with Crippen LogP contribution < -0.4 is 0 Å². The standard InChI is InChI=1S/C26H32BrF3N2O2/c1-5-32(6-2)15-17-7-9-22-18(11-17)12-20(31-22)14-25(34,26(28,29)30)16-24(3,4)21-13-19(27)8-10-23(21)33/h7-13,31,33-34H,5-6,14-16H2,1-4H3. The molecule has 8 heteroatoms. The summed E-state index contributed by atoms with van der Waals surface area (Å²) in [6.07, 6.45) is -6.10. The molecule has 3 aromatic rings. The number of alkyl halides is 3. The number of aromatic amines is 1. The van der Waals surface area contributed by atoms with Crippen LogP contribution in [0.5, 0.6) is 5.75 Å². The van der Waals surface area contributed by atoms with Crippen LogP contribution >= 0.6 is 15.9 Å². The lowest BCUT2D eigenvalue weighted by atomic mass is 9.73. The summed E-state index contributed by atoms with van der Waals surface area (Å²) >= 11 is 3.31. The first kappa shape index (κ1) is 26.6. The third-order valence-corrected chi connectivity index (χ3v) is 6.97. The minimum Gasteiger partial charge on any atom is -0.508 e. The average Bonchev–Trinajstić information content (AvgIpc) is 3.13. The number of hydrogen-bond acceptors (Lipinski definition) is 3. The molecular formula is C26H32BrF3N2O2. The van der Waals surface area contributed by atoms with E-state index >= 15 is 0 Å². The van der Waals surface area contributed by atoms with Crippen molar-refractivity contribution >= 4 is 26.8 Å². The van der Waals surface area contributed by atoms with E-state index in [1.165, 1.54) is 6.07 Å². The summed E-state index contributed by atoms with van der Waals surface area (Å²) in [4.78, 5) is 5.31. The molecule has 0 spiro atoms. The Morgan fingerprint density at radius 1 is 1.00 bits per heavy atom. The summed E-state index contributed by atoms with van der Waals surface area (Å²) in [5.74, 6) is -0.107. The molecule has 1 heterocycles. The molecule has 0 aliphatic rings. The Hall–Kier alpha value is -2.03. The van der Waals surface area contributed by atoms with Crippen molar-refractivity contribution in [1.29, 1.82) is 0 Å². The molecule has 34 heavy (non-hydrogen) atoms. The smallest absolute Gasteiger partial charge is 0.417 e. The third-order valence-electron chi connectivity index (χ3n) is 6.47. The minimum atomic E-state index is -4.86. The van der Waals surface area contributed by atoms with Gasteiger partial charge in [0, 0.05) is 34.2 Å². The van der Waals surface area contributed by atoms with E-state index in [0.717, 1.165) is 36.1 Å². The Labute approximate surface area is 206 Å². The van der Waals surface area contributed by atoms with Gasteiger partial charge in [0.05, 0.1) is 0 Å². The van der Waals surface area contributed by atoms with E-state index < -0.39 is 30.0 Å². The summed E-state index contributed by atoms with van der Waals surface area (Å²) < 4.78 is 43.3. The van der Waals surface area contributed by atoms with Gasteiger partial charge in [-0.05, 0) is 72.3 Å². The molecule has 1 aromatic heterocycles. The second-order valence-corrected chi connectivity index (χ2v) is 10.5. The molecule has 186 valence electrons. The predicted molar refractivity (Wildman–Crippen MR) is 133 cm³/mol. The van der Waals surface area contributed by atoms with Gasteiger partial charge in [0.2, 0.25) is 0 Å². The third kappa shape index (κ3) is 5.78. The van der Waals surface area contributed by atoms with Gasteiger partial charge in [-0.15, -0.1) is 0 Å². The van der Waals surface area contributed by atoms with Gasteiger partial charge in [0.15, 0.2) is 5.60 Å². The van der Waals surface area contributed by atoms with Crippen molar-refractivity contribution in [2.45, 2.75) is 64.3 Å².